The van der Waals surface area contributed by atoms with Crippen molar-refractivity contribution in [3.05, 3.63) is 80.8 Å². The molecule has 0 bridgehead atoms. The first-order chi connectivity index (χ1) is 21.2. The number of carbonyl (C=O) groups is 1. The minimum Gasteiger partial charge on any atom is -0.506 e. The Morgan fingerprint density at radius 1 is 1.04 bits per heavy atom. The molecule has 9 nitrogen and oxygen atoms in total. The minimum absolute atomic E-state index is 0.0798. The van der Waals surface area contributed by atoms with E-state index < -0.39 is 25.4 Å². The predicted molar refractivity (Wildman–Crippen MR) is 179 cm³/mol. The number of hydrogen-bond acceptors (Lipinski definition) is 7. The summed E-state index contributed by atoms with van der Waals surface area (Å²) in [4.78, 5) is 26.9. The lowest BCUT2D eigenvalue weighted by atomic mass is 9.96. The summed E-state index contributed by atoms with van der Waals surface area (Å²) in [6, 6.07) is 11.6. The fraction of sp³-hybridized carbons (Fsp3) is 0.371. The van der Waals surface area contributed by atoms with Crippen molar-refractivity contribution in [3.8, 4) is 28.5 Å². The number of aryl methyl sites for hydroxylation is 1. The maximum absolute atomic E-state index is 14.1. The second-order valence-electron chi connectivity index (χ2n) is 13.0. The number of esters is 1. The highest BCUT2D eigenvalue weighted by Gasteiger charge is 2.37. The van der Waals surface area contributed by atoms with E-state index in [0.29, 0.717) is 41.3 Å². The molecule has 2 aromatic carbocycles. The van der Waals surface area contributed by atoms with Gasteiger partial charge in [-0.1, -0.05) is 32.9 Å². The minimum atomic E-state index is -1.97. The van der Waals surface area contributed by atoms with Crippen LogP contribution >= 0.6 is 0 Å². The van der Waals surface area contributed by atoms with Crippen molar-refractivity contribution < 1.29 is 28.5 Å². The highest BCUT2D eigenvalue weighted by molar-refractivity contribution is 6.74. The normalized spacial score (nSPS) is 12.9. The second-order valence-corrected chi connectivity index (χ2v) is 17.8. The number of benzene rings is 2. The first-order valence-corrected chi connectivity index (χ1v) is 17.8. The molecule has 45 heavy (non-hydrogen) atoms. The molecule has 0 atom stereocenters. The fourth-order valence-corrected chi connectivity index (χ4v) is 6.51. The van der Waals surface area contributed by atoms with E-state index in [4.69, 9.17) is 18.6 Å². The van der Waals surface area contributed by atoms with Crippen LogP contribution in [-0.4, -0.2) is 49.9 Å². The topological polar surface area (TPSA) is 101 Å². The fourth-order valence-electron chi connectivity index (χ4n) is 5.57. The number of carbonyl (C=O) groups excluding carboxylic acids is 1. The number of aromatic nitrogens is 2. The van der Waals surface area contributed by atoms with Crippen molar-refractivity contribution >= 4 is 31.3 Å². The third-order valence-electron chi connectivity index (χ3n) is 9.32. The summed E-state index contributed by atoms with van der Waals surface area (Å²) in [5.41, 5.74) is 4.38. The van der Waals surface area contributed by atoms with Crippen LogP contribution in [0.25, 0.3) is 28.2 Å². The molecule has 238 valence electrons. The molecule has 0 unspecified atom stereocenters. The molecule has 1 N–H and O–H groups in total. The molecule has 0 fully saturated rings. The van der Waals surface area contributed by atoms with Crippen molar-refractivity contribution in [2.24, 2.45) is 7.05 Å². The van der Waals surface area contributed by atoms with E-state index >= 15 is 0 Å². The van der Waals surface area contributed by atoms with Gasteiger partial charge in [0.2, 0.25) is 0 Å². The molecule has 0 aliphatic heterocycles. The third-order valence-corrected chi connectivity index (χ3v) is 13.8. The molecule has 2 aromatic heterocycles. The van der Waals surface area contributed by atoms with Crippen LogP contribution in [0, 0.1) is 0 Å². The first kappa shape index (κ1) is 32.1. The number of nitrogens with zero attached hydrogens (tertiary/aromatic N) is 2. The Morgan fingerprint density at radius 3 is 2.42 bits per heavy atom. The van der Waals surface area contributed by atoms with E-state index in [1.54, 1.807) is 26.4 Å². The van der Waals surface area contributed by atoms with E-state index in [0.717, 1.165) is 27.7 Å². The van der Waals surface area contributed by atoms with Crippen molar-refractivity contribution in [2.45, 2.75) is 58.5 Å². The second kappa shape index (κ2) is 11.9. The Morgan fingerprint density at radius 2 is 1.78 bits per heavy atom. The molecule has 0 amide bonds. The summed E-state index contributed by atoms with van der Waals surface area (Å²) in [6.45, 7) is 11.7. The Kier molecular flexibility index (Phi) is 8.50. The monoisotopic (exact) mass is 630 g/mol. The lowest BCUT2D eigenvalue weighted by Gasteiger charge is -2.36. The van der Waals surface area contributed by atoms with Gasteiger partial charge in [0, 0.05) is 46.4 Å². The van der Waals surface area contributed by atoms with Crippen molar-refractivity contribution in [3.63, 3.8) is 0 Å². The summed E-state index contributed by atoms with van der Waals surface area (Å²) >= 11 is 0. The highest BCUT2D eigenvalue weighted by atomic mass is 28.4. The predicted octanol–water partition coefficient (Wildman–Crippen LogP) is 6.66. The standard InChI is InChI=1S/C35H42N2O7Si/c1-35(2,3)45(8,9)44-20-24-15-23-16-27-21(17-28(23)36(24)4)11-10-12-26-31(27)37(33(39)30(32(26)38)34(40)43-7)19-22-13-14-25(41-5)18-29(22)42-6/h10-11,13-18,38H,12,19-20H2,1-9H3. The van der Waals surface area contributed by atoms with Gasteiger partial charge in [0.15, 0.2) is 13.9 Å². The smallest absolute Gasteiger partial charge is 0.347 e. The lowest BCUT2D eigenvalue weighted by Crippen LogP contribution is -2.40. The molecule has 5 rings (SSSR count). The van der Waals surface area contributed by atoms with E-state index in [-0.39, 0.29) is 17.3 Å². The van der Waals surface area contributed by atoms with Gasteiger partial charge < -0.3 is 32.9 Å². The van der Waals surface area contributed by atoms with Crippen LogP contribution in [0.15, 0.2) is 47.3 Å². The first-order valence-electron chi connectivity index (χ1n) is 14.9. The van der Waals surface area contributed by atoms with Gasteiger partial charge in [-0.05, 0) is 60.4 Å². The highest BCUT2D eigenvalue weighted by Crippen LogP contribution is 2.41. The maximum Gasteiger partial charge on any atom is 0.347 e. The molecule has 0 saturated heterocycles. The SMILES string of the molecule is COC(=O)c1c(O)c2c(n(Cc3ccc(OC)cc3OC)c1=O)-c1cc3cc(CO[Si](C)(C)C(C)(C)C)n(C)c3cc1C=CC2. The Bertz CT molecular complexity index is 1890. The molecule has 0 spiro atoms. The van der Waals surface area contributed by atoms with Crippen molar-refractivity contribution in [1.29, 1.82) is 0 Å². The molecular weight excluding hydrogens is 588 g/mol. The zero-order valence-corrected chi connectivity index (χ0v) is 28.5. The molecule has 10 heteroatoms. The Balaban J connectivity index is 1.73. The third kappa shape index (κ3) is 5.68. The van der Waals surface area contributed by atoms with Gasteiger partial charge >= 0.3 is 5.97 Å². The lowest BCUT2D eigenvalue weighted by molar-refractivity contribution is 0.0594. The van der Waals surface area contributed by atoms with Gasteiger partial charge in [0.05, 0.1) is 40.2 Å². The molecule has 0 saturated carbocycles. The maximum atomic E-state index is 14.1. The van der Waals surface area contributed by atoms with Crippen LogP contribution < -0.4 is 15.0 Å². The van der Waals surface area contributed by atoms with Gasteiger partial charge in [0.1, 0.15) is 17.2 Å². The average Bonchev–Trinajstić information content (AvgIpc) is 3.18. The zero-order valence-electron chi connectivity index (χ0n) is 27.5. The largest absolute Gasteiger partial charge is 0.506 e. The van der Waals surface area contributed by atoms with Gasteiger partial charge in [-0.3, -0.25) is 4.79 Å². The van der Waals surface area contributed by atoms with Crippen LogP contribution in [0.2, 0.25) is 18.1 Å². The number of ether oxygens (including phenoxy) is 3. The Hall–Kier alpha value is -4.28. The summed E-state index contributed by atoms with van der Waals surface area (Å²) in [6.07, 6.45) is 4.24. The summed E-state index contributed by atoms with van der Waals surface area (Å²) in [5, 5.41) is 12.5. The summed E-state index contributed by atoms with van der Waals surface area (Å²) in [7, 11) is 4.37. The summed E-state index contributed by atoms with van der Waals surface area (Å²) < 4.78 is 26.2. The van der Waals surface area contributed by atoms with Crippen LogP contribution in [0.4, 0.5) is 0 Å². The number of aromatic hydroxyl groups is 1. The van der Waals surface area contributed by atoms with E-state index in [2.05, 4.69) is 50.6 Å². The number of methoxy groups -OCH3 is 3. The average molecular weight is 631 g/mol. The van der Waals surface area contributed by atoms with Crippen LogP contribution in [0.1, 0.15) is 53.5 Å². The van der Waals surface area contributed by atoms with Crippen LogP contribution in [-0.2, 0) is 35.8 Å². The van der Waals surface area contributed by atoms with E-state index in [9.17, 15) is 14.7 Å². The molecular formula is C35H42N2O7Si. The van der Waals surface area contributed by atoms with Crippen LogP contribution in [0.5, 0.6) is 17.2 Å². The summed E-state index contributed by atoms with van der Waals surface area (Å²) in [5.74, 6) is -0.125. The van der Waals surface area contributed by atoms with Crippen LogP contribution in [0.3, 0.4) is 0 Å². The number of hydrogen-bond donors (Lipinski definition) is 1. The van der Waals surface area contributed by atoms with Crippen molar-refractivity contribution in [1.82, 2.24) is 9.13 Å². The van der Waals surface area contributed by atoms with E-state index in [1.807, 2.05) is 31.3 Å². The number of allylic oxidation sites excluding steroid dienone is 1. The molecule has 4 aromatic rings. The van der Waals surface area contributed by atoms with Gasteiger partial charge in [-0.15, -0.1) is 0 Å². The van der Waals surface area contributed by atoms with Crippen molar-refractivity contribution in [2.75, 3.05) is 21.3 Å². The number of pyridine rings is 1. The number of rotatable bonds is 8. The molecule has 2 heterocycles. The Labute approximate surface area is 264 Å². The quantitative estimate of drug-likeness (QED) is 0.172. The molecule has 0 radical (unpaired) electrons. The number of fused-ring (bicyclic) bond motifs is 4. The van der Waals surface area contributed by atoms with Gasteiger partial charge in [-0.2, -0.15) is 0 Å². The molecule has 1 aliphatic carbocycles. The van der Waals surface area contributed by atoms with Gasteiger partial charge in [0.25, 0.3) is 5.56 Å². The van der Waals surface area contributed by atoms with Gasteiger partial charge in [-0.25, -0.2) is 4.79 Å². The zero-order chi connectivity index (χ0) is 32.8. The van der Waals surface area contributed by atoms with E-state index in [1.165, 1.54) is 11.7 Å². The molecule has 1 aliphatic rings.